The summed E-state index contributed by atoms with van der Waals surface area (Å²) in [7, 11) is 0. The molecule has 1 N–H and O–H groups in total. The average molecular weight is 436 g/mol. The van der Waals surface area contributed by atoms with Gasteiger partial charge in [-0.2, -0.15) is 19.4 Å². The fraction of sp³-hybridized carbons (Fsp3) is 0. The molecule has 1 aromatic heterocycles. The summed E-state index contributed by atoms with van der Waals surface area (Å²) in [5.74, 6) is 0. The summed E-state index contributed by atoms with van der Waals surface area (Å²) in [6.07, 6.45) is 2.72. The van der Waals surface area contributed by atoms with Crippen molar-refractivity contribution < 1.29 is 24.2 Å². The molecule has 2 rings (SSSR count). The standard InChI is InChI=1S/C11H5F5N2OS5/c12-20-6-5(17-11(19)18-3-1-2-4-18)7(21-13)9(23-15)10(24-16)8(6)22-14/h1-4H,(H,17,19). The smallest absolute Gasteiger partial charge is 0.305 e. The van der Waals surface area contributed by atoms with E-state index in [1.54, 1.807) is 0 Å². The van der Waals surface area contributed by atoms with Gasteiger partial charge in [-0.05, 0) is 12.1 Å². The number of nitrogens with zero attached hydrogens (tertiary/aromatic N) is 1. The summed E-state index contributed by atoms with van der Waals surface area (Å²) >= 11 is -2.63. The lowest BCUT2D eigenvalue weighted by Crippen LogP contribution is -2.19. The van der Waals surface area contributed by atoms with Crippen LogP contribution in [0.4, 0.5) is 29.9 Å². The SMILES string of the molecule is O=C(Nc1c(SF)c(SF)c(SF)c(SF)c1SF)n1cccc1. The Kier molecular flexibility index (Phi) is 7.53. The van der Waals surface area contributed by atoms with Crippen molar-refractivity contribution in [3.8, 4) is 0 Å². The molecule has 0 radical (unpaired) electrons. The van der Waals surface area contributed by atoms with Gasteiger partial charge in [-0.3, -0.25) is 4.57 Å². The number of benzene rings is 1. The second-order valence-electron chi connectivity index (χ2n) is 3.93. The van der Waals surface area contributed by atoms with Gasteiger partial charge in [0.15, 0.2) is 0 Å². The Labute approximate surface area is 155 Å². The Balaban J connectivity index is 2.65. The fourth-order valence-electron chi connectivity index (χ4n) is 1.75. The predicted octanol–water partition coefficient (Wildman–Crippen LogP) is 7.45. The molecule has 130 valence electrons. The van der Waals surface area contributed by atoms with Crippen LogP contribution < -0.4 is 5.32 Å². The van der Waals surface area contributed by atoms with E-state index >= 15 is 0 Å². The van der Waals surface area contributed by atoms with Gasteiger partial charge in [-0.1, -0.05) is 0 Å². The van der Waals surface area contributed by atoms with E-state index in [4.69, 9.17) is 0 Å². The highest BCUT2D eigenvalue weighted by Gasteiger charge is 2.29. The minimum atomic E-state index is -0.809. The molecule has 0 aliphatic carbocycles. The molecule has 0 spiro atoms. The average Bonchev–Trinajstić information content (AvgIpc) is 3.14. The Morgan fingerprint density at radius 3 is 1.50 bits per heavy atom. The number of hydrogen-bond donors (Lipinski definition) is 1. The quantitative estimate of drug-likeness (QED) is 0.474. The number of anilines is 1. The predicted molar refractivity (Wildman–Crippen MR) is 90.1 cm³/mol. The lowest BCUT2D eigenvalue weighted by atomic mass is 10.3. The first kappa shape index (κ1) is 19.7. The van der Waals surface area contributed by atoms with Gasteiger partial charge in [-0.15, -0.1) is 0 Å². The van der Waals surface area contributed by atoms with Gasteiger partial charge in [-0.25, -0.2) is 4.79 Å². The molecule has 1 amide bonds. The van der Waals surface area contributed by atoms with E-state index in [1.165, 1.54) is 24.5 Å². The van der Waals surface area contributed by atoms with Crippen LogP contribution in [-0.2, 0) is 0 Å². The van der Waals surface area contributed by atoms with E-state index < -0.39 is 96.9 Å². The maximum Gasteiger partial charge on any atom is 0.330 e. The van der Waals surface area contributed by atoms with Crippen molar-refractivity contribution in [2.75, 3.05) is 5.32 Å². The first-order valence-corrected chi connectivity index (χ1v) is 9.32. The molecule has 0 bridgehead atoms. The summed E-state index contributed by atoms with van der Waals surface area (Å²) < 4.78 is 67.1. The van der Waals surface area contributed by atoms with Crippen molar-refractivity contribution >= 4 is 72.5 Å². The van der Waals surface area contributed by atoms with Gasteiger partial charge >= 0.3 is 6.03 Å². The number of hydrogen-bond acceptors (Lipinski definition) is 6. The van der Waals surface area contributed by atoms with Crippen molar-refractivity contribution in [1.29, 1.82) is 0 Å². The molecule has 13 heteroatoms. The number of nitrogens with one attached hydrogen (secondary N) is 1. The normalized spacial score (nSPS) is 10.9. The van der Waals surface area contributed by atoms with Crippen LogP contribution in [0.1, 0.15) is 0 Å². The molecule has 1 aromatic carbocycles. The minimum absolute atomic E-state index is 0.480. The van der Waals surface area contributed by atoms with Crippen LogP contribution in [0, 0.1) is 0 Å². The Morgan fingerprint density at radius 1 is 0.750 bits per heavy atom. The molecule has 0 fully saturated rings. The molecule has 0 unspecified atom stereocenters. The van der Waals surface area contributed by atoms with Gasteiger partial charge in [0.2, 0.25) is 0 Å². The molecule has 0 aliphatic heterocycles. The molecular formula is C11H5F5N2OS5. The number of aromatic nitrogens is 1. The molecular weight excluding hydrogens is 431 g/mol. The van der Waals surface area contributed by atoms with Gasteiger partial charge in [0.25, 0.3) is 0 Å². The number of rotatable bonds is 6. The highest BCUT2D eigenvalue weighted by atomic mass is 32.2. The molecule has 2 aromatic rings. The van der Waals surface area contributed by atoms with Crippen LogP contribution in [0.25, 0.3) is 0 Å². The first-order chi connectivity index (χ1) is 11.6. The van der Waals surface area contributed by atoms with Crippen LogP contribution in [0.5, 0.6) is 0 Å². The molecule has 0 saturated carbocycles. The van der Waals surface area contributed by atoms with E-state index in [0.717, 1.165) is 4.57 Å². The van der Waals surface area contributed by atoms with Crippen LogP contribution >= 0.6 is 60.7 Å². The van der Waals surface area contributed by atoms with Gasteiger partial charge in [0, 0.05) is 12.4 Å². The minimum Gasteiger partial charge on any atom is -0.305 e. The summed E-state index contributed by atoms with van der Waals surface area (Å²) in [6.45, 7) is 0. The first-order valence-electron chi connectivity index (χ1n) is 5.74. The van der Waals surface area contributed by atoms with Crippen molar-refractivity contribution in [3.05, 3.63) is 24.5 Å². The third-order valence-electron chi connectivity index (χ3n) is 2.74. The van der Waals surface area contributed by atoms with Gasteiger partial charge < -0.3 is 5.32 Å². The van der Waals surface area contributed by atoms with Crippen molar-refractivity contribution in [2.24, 2.45) is 0 Å². The van der Waals surface area contributed by atoms with Crippen LogP contribution in [0.3, 0.4) is 0 Å². The zero-order valence-electron chi connectivity index (χ0n) is 11.1. The topological polar surface area (TPSA) is 34.0 Å². The maximum absolute atomic E-state index is 13.3. The van der Waals surface area contributed by atoms with Crippen molar-refractivity contribution in [2.45, 2.75) is 24.5 Å². The summed E-state index contributed by atoms with van der Waals surface area (Å²) in [5.41, 5.74) is -0.480. The lowest BCUT2D eigenvalue weighted by Gasteiger charge is -2.18. The second-order valence-corrected chi connectivity index (χ2v) is 6.74. The molecule has 0 atom stereocenters. The molecule has 0 aliphatic rings. The number of halogens is 5. The van der Waals surface area contributed by atoms with Gasteiger partial charge in [0.1, 0.15) is 0 Å². The molecule has 0 saturated heterocycles. The third kappa shape index (κ3) is 3.79. The van der Waals surface area contributed by atoms with E-state index in [-0.39, 0.29) is 0 Å². The monoisotopic (exact) mass is 436 g/mol. The largest absolute Gasteiger partial charge is 0.330 e. The summed E-state index contributed by atoms with van der Waals surface area (Å²) in [4.78, 5) is 9.19. The van der Waals surface area contributed by atoms with Crippen molar-refractivity contribution in [3.63, 3.8) is 0 Å². The zero-order valence-corrected chi connectivity index (χ0v) is 15.2. The highest BCUT2D eigenvalue weighted by molar-refractivity contribution is 8.00. The fourth-order valence-corrected chi connectivity index (χ4v) is 4.60. The van der Waals surface area contributed by atoms with Crippen LogP contribution in [-0.4, -0.2) is 10.6 Å². The summed E-state index contributed by atoms with van der Waals surface area (Å²) in [5, 5.41) is 2.19. The van der Waals surface area contributed by atoms with Crippen LogP contribution in [0.2, 0.25) is 0 Å². The Morgan fingerprint density at radius 2 is 1.12 bits per heavy atom. The maximum atomic E-state index is 13.3. The number of carbonyl (C=O) groups is 1. The number of amides is 1. The highest BCUT2D eigenvalue weighted by Crippen LogP contribution is 2.54. The molecule has 24 heavy (non-hydrogen) atoms. The van der Waals surface area contributed by atoms with E-state index in [9.17, 15) is 24.2 Å². The van der Waals surface area contributed by atoms with E-state index in [0.29, 0.717) is 0 Å². The zero-order chi connectivity index (χ0) is 17.7. The van der Waals surface area contributed by atoms with E-state index in [1.807, 2.05) is 0 Å². The lowest BCUT2D eigenvalue weighted by molar-refractivity contribution is 0.253. The second kappa shape index (κ2) is 9.17. The van der Waals surface area contributed by atoms with Crippen molar-refractivity contribution in [1.82, 2.24) is 4.57 Å². The van der Waals surface area contributed by atoms with Crippen LogP contribution in [0.15, 0.2) is 49.0 Å². The van der Waals surface area contributed by atoms with Gasteiger partial charge in [0.05, 0.1) is 90.9 Å². The summed E-state index contributed by atoms with van der Waals surface area (Å²) in [6, 6.07) is 2.25. The Hall–Kier alpha value is -0.630. The Bertz CT molecular complexity index is 697. The molecule has 3 nitrogen and oxygen atoms in total. The molecule has 1 heterocycles. The third-order valence-corrected chi connectivity index (χ3v) is 6.07. The number of carbonyl (C=O) groups excluding carboxylic acids is 1. The van der Waals surface area contributed by atoms with E-state index in [2.05, 4.69) is 5.32 Å².